The van der Waals surface area contributed by atoms with Gasteiger partial charge >= 0.3 is 6.09 Å². The lowest BCUT2D eigenvalue weighted by molar-refractivity contribution is 0.0250. The third-order valence-electron chi connectivity index (χ3n) is 3.76. The Morgan fingerprint density at radius 1 is 1.48 bits per heavy atom. The molecule has 1 aliphatic carbocycles. The van der Waals surface area contributed by atoms with Crippen LogP contribution in [-0.2, 0) is 11.2 Å². The fourth-order valence-electron chi connectivity index (χ4n) is 2.81. The van der Waals surface area contributed by atoms with Crippen LogP contribution in [0.25, 0.3) is 0 Å². The largest absolute Gasteiger partial charge is 0.444 e. The average Bonchev–Trinajstić information content (AvgIpc) is 2.96. The second-order valence-electron chi connectivity index (χ2n) is 6.94. The van der Waals surface area contributed by atoms with Gasteiger partial charge in [-0.15, -0.1) is 11.3 Å². The Morgan fingerprint density at radius 3 is 2.87 bits per heavy atom. The Labute approximate surface area is 148 Å². The SMILES string of the molecule is CCCN(CCNC1CCc2sc(Cl)cc21)C(=O)OC(C)(C)C. The summed E-state index contributed by atoms with van der Waals surface area (Å²) in [5.41, 5.74) is 0.879. The molecule has 23 heavy (non-hydrogen) atoms. The Balaban J connectivity index is 1.84. The van der Waals surface area contributed by atoms with Crippen LogP contribution in [0.5, 0.6) is 0 Å². The first kappa shape index (κ1) is 18.6. The van der Waals surface area contributed by atoms with E-state index < -0.39 is 5.60 Å². The van der Waals surface area contributed by atoms with Crippen molar-refractivity contribution in [3.8, 4) is 0 Å². The van der Waals surface area contributed by atoms with Gasteiger partial charge in [-0.1, -0.05) is 18.5 Å². The molecule has 0 fully saturated rings. The number of rotatable bonds is 6. The van der Waals surface area contributed by atoms with Crippen molar-refractivity contribution in [1.29, 1.82) is 0 Å². The van der Waals surface area contributed by atoms with Gasteiger partial charge in [0.2, 0.25) is 0 Å². The van der Waals surface area contributed by atoms with Crippen molar-refractivity contribution in [1.82, 2.24) is 10.2 Å². The maximum absolute atomic E-state index is 12.2. The number of carbonyl (C=O) groups excluding carboxylic acids is 1. The van der Waals surface area contributed by atoms with Gasteiger partial charge in [0.05, 0.1) is 4.34 Å². The number of ether oxygens (including phenoxy) is 1. The minimum absolute atomic E-state index is 0.230. The molecule has 1 amide bonds. The van der Waals surface area contributed by atoms with Crippen LogP contribution in [0.2, 0.25) is 4.34 Å². The summed E-state index contributed by atoms with van der Waals surface area (Å²) in [5, 5.41) is 3.56. The van der Waals surface area contributed by atoms with E-state index in [9.17, 15) is 4.79 Å². The molecule has 0 spiro atoms. The van der Waals surface area contributed by atoms with Crippen molar-refractivity contribution in [2.75, 3.05) is 19.6 Å². The minimum Gasteiger partial charge on any atom is -0.444 e. The van der Waals surface area contributed by atoms with Crippen LogP contribution in [0.3, 0.4) is 0 Å². The molecule has 0 aliphatic heterocycles. The lowest BCUT2D eigenvalue weighted by atomic mass is 10.2. The average molecular weight is 359 g/mol. The number of nitrogens with zero attached hydrogens (tertiary/aromatic N) is 1. The zero-order chi connectivity index (χ0) is 17.0. The van der Waals surface area contributed by atoms with Crippen molar-refractivity contribution in [2.24, 2.45) is 0 Å². The predicted octanol–water partition coefficient (Wildman–Crippen LogP) is 4.63. The molecular formula is C17H27ClN2O2S. The molecule has 1 aliphatic rings. The maximum Gasteiger partial charge on any atom is 0.410 e. The number of hydrogen-bond acceptors (Lipinski definition) is 4. The summed E-state index contributed by atoms with van der Waals surface area (Å²) in [6.45, 7) is 9.90. The molecule has 0 aromatic carbocycles. The summed E-state index contributed by atoms with van der Waals surface area (Å²) < 4.78 is 6.34. The smallest absolute Gasteiger partial charge is 0.410 e. The van der Waals surface area contributed by atoms with E-state index in [1.165, 1.54) is 10.4 Å². The van der Waals surface area contributed by atoms with E-state index in [1.54, 1.807) is 16.2 Å². The number of thiophene rings is 1. The summed E-state index contributed by atoms with van der Waals surface area (Å²) in [6, 6.07) is 2.43. The van der Waals surface area contributed by atoms with Crippen LogP contribution in [0.4, 0.5) is 4.79 Å². The Kier molecular flexibility index (Phi) is 6.34. The zero-order valence-electron chi connectivity index (χ0n) is 14.4. The van der Waals surface area contributed by atoms with Crippen molar-refractivity contribution < 1.29 is 9.53 Å². The topological polar surface area (TPSA) is 41.6 Å². The highest BCUT2D eigenvalue weighted by atomic mass is 35.5. The summed E-state index contributed by atoms with van der Waals surface area (Å²) in [6.07, 6.45) is 2.90. The molecule has 1 atom stereocenters. The van der Waals surface area contributed by atoms with Gasteiger partial charge in [-0.3, -0.25) is 0 Å². The molecule has 1 aromatic heterocycles. The van der Waals surface area contributed by atoms with Gasteiger partial charge in [-0.2, -0.15) is 0 Å². The number of halogens is 1. The van der Waals surface area contributed by atoms with E-state index in [0.29, 0.717) is 12.6 Å². The zero-order valence-corrected chi connectivity index (χ0v) is 16.0. The molecule has 130 valence electrons. The number of carbonyl (C=O) groups is 1. The van der Waals surface area contributed by atoms with Crippen LogP contribution in [-0.4, -0.2) is 36.2 Å². The van der Waals surface area contributed by atoms with Crippen molar-refractivity contribution in [3.05, 3.63) is 20.8 Å². The number of aryl methyl sites for hydroxylation is 1. The van der Waals surface area contributed by atoms with Crippen LogP contribution in [0.15, 0.2) is 6.07 Å². The number of fused-ring (bicyclic) bond motifs is 1. The van der Waals surface area contributed by atoms with Gasteiger partial charge in [0.25, 0.3) is 0 Å². The molecular weight excluding hydrogens is 332 g/mol. The van der Waals surface area contributed by atoms with Gasteiger partial charge in [0.1, 0.15) is 5.60 Å². The van der Waals surface area contributed by atoms with Gasteiger partial charge < -0.3 is 15.0 Å². The van der Waals surface area contributed by atoms with Gasteiger partial charge in [0, 0.05) is 30.6 Å². The molecule has 2 rings (SSSR count). The molecule has 1 aromatic rings. The molecule has 1 N–H and O–H groups in total. The molecule has 1 heterocycles. The highest BCUT2D eigenvalue weighted by Gasteiger charge is 2.25. The highest BCUT2D eigenvalue weighted by Crippen LogP contribution is 2.39. The fraction of sp³-hybridized carbons (Fsp3) is 0.706. The van der Waals surface area contributed by atoms with Crippen molar-refractivity contribution in [2.45, 2.75) is 58.6 Å². The molecule has 0 saturated heterocycles. The minimum atomic E-state index is -0.454. The summed E-state index contributed by atoms with van der Waals surface area (Å²) in [5.74, 6) is 0. The molecule has 4 nitrogen and oxygen atoms in total. The maximum atomic E-state index is 12.2. The first-order valence-electron chi connectivity index (χ1n) is 8.29. The van der Waals surface area contributed by atoms with Crippen molar-refractivity contribution >= 4 is 29.0 Å². The lowest BCUT2D eigenvalue weighted by Crippen LogP contribution is -2.41. The normalized spacial score (nSPS) is 17.2. The summed E-state index contributed by atoms with van der Waals surface area (Å²) in [4.78, 5) is 15.4. The molecule has 0 radical (unpaired) electrons. The number of hydrogen-bond donors (Lipinski definition) is 1. The predicted molar refractivity (Wildman–Crippen MR) is 96.5 cm³/mol. The standard InChI is InChI=1S/C17H27ClN2O2S/c1-5-9-20(16(21)22-17(2,3)4)10-8-19-13-6-7-14-12(13)11-15(18)23-14/h11,13,19H,5-10H2,1-4H3. The monoisotopic (exact) mass is 358 g/mol. The molecule has 0 saturated carbocycles. The van der Waals surface area contributed by atoms with E-state index in [-0.39, 0.29) is 6.09 Å². The van der Waals surface area contributed by atoms with Crippen LogP contribution >= 0.6 is 22.9 Å². The first-order chi connectivity index (χ1) is 10.8. The molecule has 1 unspecified atom stereocenters. The number of nitrogens with one attached hydrogen (secondary N) is 1. The van der Waals surface area contributed by atoms with E-state index in [2.05, 4.69) is 18.3 Å². The third kappa shape index (κ3) is 5.37. The molecule has 0 bridgehead atoms. The van der Waals surface area contributed by atoms with E-state index in [1.807, 2.05) is 20.8 Å². The summed E-state index contributed by atoms with van der Waals surface area (Å²) in [7, 11) is 0. The Bertz CT molecular complexity index is 539. The third-order valence-corrected chi connectivity index (χ3v) is 5.10. The second-order valence-corrected chi connectivity index (χ2v) is 8.71. The van der Waals surface area contributed by atoms with Gasteiger partial charge in [-0.25, -0.2) is 4.79 Å². The number of amides is 1. The molecule has 6 heteroatoms. The van der Waals surface area contributed by atoms with E-state index in [0.717, 1.165) is 36.7 Å². The lowest BCUT2D eigenvalue weighted by Gasteiger charge is -2.27. The Hall–Kier alpha value is -0.780. The van der Waals surface area contributed by atoms with Crippen LogP contribution in [0.1, 0.15) is 57.0 Å². The first-order valence-corrected chi connectivity index (χ1v) is 9.49. The van der Waals surface area contributed by atoms with Gasteiger partial charge in [0.15, 0.2) is 0 Å². The Morgan fingerprint density at radius 2 is 2.22 bits per heavy atom. The quantitative estimate of drug-likeness (QED) is 0.806. The highest BCUT2D eigenvalue weighted by molar-refractivity contribution is 7.16. The van der Waals surface area contributed by atoms with Gasteiger partial charge in [-0.05, 0) is 51.7 Å². The van der Waals surface area contributed by atoms with Crippen LogP contribution in [0, 0.1) is 0 Å². The van der Waals surface area contributed by atoms with E-state index in [4.69, 9.17) is 16.3 Å². The van der Waals surface area contributed by atoms with Crippen molar-refractivity contribution in [3.63, 3.8) is 0 Å². The van der Waals surface area contributed by atoms with E-state index >= 15 is 0 Å². The van der Waals surface area contributed by atoms with Crippen LogP contribution < -0.4 is 5.32 Å². The summed E-state index contributed by atoms with van der Waals surface area (Å²) >= 11 is 7.77. The second kappa shape index (κ2) is 7.86. The fourth-order valence-corrected chi connectivity index (χ4v) is 4.16.